The largest absolute Gasteiger partial charge is 0.356 e. The minimum absolute atomic E-state index is 0.0556. The Morgan fingerprint density at radius 3 is 2.83 bits per heavy atom. The number of amides is 1. The van der Waals surface area contributed by atoms with Crippen LogP contribution in [0.1, 0.15) is 49.2 Å². The Morgan fingerprint density at radius 2 is 2.03 bits per heavy atom. The summed E-state index contributed by atoms with van der Waals surface area (Å²) in [6, 6.07) is 7.39. The van der Waals surface area contributed by atoms with Gasteiger partial charge >= 0.3 is 0 Å². The Hall–Kier alpha value is -2.32. The molecule has 0 aliphatic heterocycles. The smallest absolute Gasteiger partial charge is 0.262 e. The number of thiazole rings is 1. The molecule has 0 aliphatic rings. The number of aromatic amines is 1. The Kier molecular flexibility index (Phi) is 8.33. The fraction of sp³-hybridized carbons (Fsp3) is 0.455. The van der Waals surface area contributed by atoms with Gasteiger partial charge in [0.25, 0.3) is 5.56 Å². The van der Waals surface area contributed by atoms with E-state index in [1.807, 2.05) is 31.2 Å². The van der Waals surface area contributed by atoms with Crippen LogP contribution in [-0.4, -0.2) is 27.0 Å². The predicted molar refractivity (Wildman–Crippen MR) is 125 cm³/mol. The van der Waals surface area contributed by atoms with Gasteiger partial charge in [-0.15, -0.1) is 11.3 Å². The fourth-order valence-corrected chi connectivity index (χ4v) is 4.47. The first-order chi connectivity index (χ1) is 14.5. The van der Waals surface area contributed by atoms with E-state index >= 15 is 0 Å². The van der Waals surface area contributed by atoms with Crippen molar-refractivity contribution in [3.63, 3.8) is 0 Å². The summed E-state index contributed by atoms with van der Waals surface area (Å²) >= 11 is 7.03. The molecule has 2 aromatic heterocycles. The number of carbonyl (C=O) groups is 1. The monoisotopic (exact) mass is 444 g/mol. The summed E-state index contributed by atoms with van der Waals surface area (Å²) in [6.07, 6.45) is 6.00. The van der Waals surface area contributed by atoms with Crippen LogP contribution in [0.5, 0.6) is 0 Å². The molecule has 8 heteroatoms. The highest BCUT2D eigenvalue weighted by Crippen LogP contribution is 2.11. The fourth-order valence-electron chi connectivity index (χ4n) is 3.37. The maximum absolute atomic E-state index is 12.6. The van der Waals surface area contributed by atoms with Crippen LogP contribution >= 0.6 is 23.6 Å². The average molecular weight is 445 g/mol. The maximum Gasteiger partial charge on any atom is 0.262 e. The van der Waals surface area contributed by atoms with Gasteiger partial charge in [-0.2, -0.15) is 0 Å². The van der Waals surface area contributed by atoms with Crippen LogP contribution in [0, 0.1) is 11.7 Å². The minimum atomic E-state index is -0.0556. The van der Waals surface area contributed by atoms with E-state index in [1.54, 1.807) is 15.9 Å². The normalized spacial score (nSPS) is 11.1. The molecule has 1 amide bonds. The molecular formula is C22H28N4O2S2. The SMILES string of the molecule is Cc1csc(CCCCNC(=O)CCCCCn2c(=S)[nH]c3ccccc3c2=O)n1. The molecule has 0 saturated heterocycles. The van der Waals surface area contributed by atoms with Gasteiger partial charge in [-0.25, -0.2) is 4.98 Å². The van der Waals surface area contributed by atoms with E-state index in [1.165, 1.54) is 5.01 Å². The summed E-state index contributed by atoms with van der Waals surface area (Å²) in [5.41, 5.74) is 1.79. The Balaban J connectivity index is 1.30. The maximum atomic E-state index is 12.6. The van der Waals surface area contributed by atoms with Crippen molar-refractivity contribution in [2.24, 2.45) is 0 Å². The zero-order valence-corrected chi connectivity index (χ0v) is 18.9. The van der Waals surface area contributed by atoms with Gasteiger partial charge in [0.05, 0.1) is 15.9 Å². The Labute approximate surface area is 185 Å². The Morgan fingerprint density at radius 1 is 1.20 bits per heavy atom. The standard InChI is InChI=1S/C22H28N4O2S2/c1-16-15-30-20(24-16)12-6-7-13-23-19(27)11-3-2-8-14-26-21(28)17-9-4-5-10-18(17)25-22(26)29/h4-5,9-10,15H,2-3,6-8,11-14H2,1H3,(H,23,27)(H,25,29). The predicted octanol–water partition coefficient (Wildman–Crippen LogP) is 4.52. The number of carbonyl (C=O) groups excluding carboxylic acids is 1. The summed E-state index contributed by atoms with van der Waals surface area (Å²) in [7, 11) is 0. The van der Waals surface area contributed by atoms with Crippen LogP contribution in [0.2, 0.25) is 0 Å². The van der Waals surface area contributed by atoms with E-state index in [4.69, 9.17) is 12.2 Å². The number of aryl methyl sites for hydroxylation is 2. The second-order valence-corrected chi connectivity index (χ2v) is 8.76. The van der Waals surface area contributed by atoms with E-state index in [2.05, 4.69) is 20.7 Å². The number of para-hydroxylation sites is 1. The van der Waals surface area contributed by atoms with Crippen LogP contribution in [0.15, 0.2) is 34.4 Å². The van der Waals surface area contributed by atoms with Gasteiger partial charge in [-0.3, -0.25) is 14.2 Å². The van der Waals surface area contributed by atoms with E-state index in [0.717, 1.165) is 49.7 Å². The molecule has 2 heterocycles. The van der Waals surface area contributed by atoms with Crippen molar-refractivity contribution in [3.05, 3.63) is 55.5 Å². The van der Waals surface area contributed by atoms with Crippen molar-refractivity contribution in [3.8, 4) is 0 Å². The van der Waals surface area contributed by atoms with Gasteiger partial charge in [-0.05, 0) is 63.4 Å². The van der Waals surface area contributed by atoms with Gasteiger partial charge in [0.15, 0.2) is 4.77 Å². The molecule has 0 spiro atoms. The highest BCUT2D eigenvalue weighted by atomic mass is 32.1. The van der Waals surface area contributed by atoms with Crippen LogP contribution in [0.4, 0.5) is 0 Å². The Bertz CT molecular complexity index is 1100. The molecule has 0 saturated carbocycles. The second kappa shape index (κ2) is 11.2. The number of aromatic nitrogens is 3. The van der Waals surface area contributed by atoms with Gasteiger partial charge in [-0.1, -0.05) is 18.6 Å². The van der Waals surface area contributed by atoms with Gasteiger partial charge in [0.2, 0.25) is 5.91 Å². The van der Waals surface area contributed by atoms with E-state index in [9.17, 15) is 9.59 Å². The zero-order valence-electron chi connectivity index (χ0n) is 17.3. The molecule has 160 valence electrons. The first-order valence-electron chi connectivity index (χ1n) is 10.4. The zero-order chi connectivity index (χ0) is 21.3. The van der Waals surface area contributed by atoms with Crippen LogP contribution < -0.4 is 10.9 Å². The third-order valence-corrected chi connectivity index (χ3v) is 6.33. The number of fused-ring (bicyclic) bond motifs is 1. The third-order valence-electron chi connectivity index (χ3n) is 4.98. The molecule has 1 aromatic carbocycles. The summed E-state index contributed by atoms with van der Waals surface area (Å²) in [5.74, 6) is 0.0975. The summed E-state index contributed by atoms with van der Waals surface area (Å²) in [6.45, 7) is 3.29. The molecule has 0 bridgehead atoms. The summed E-state index contributed by atoms with van der Waals surface area (Å²) in [4.78, 5) is 32.1. The van der Waals surface area contributed by atoms with E-state index in [0.29, 0.717) is 29.7 Å². The number of hydrogen-bond acceptors (Lipinski definition) is 5. The first kappa shape index (κ1) is 22.4. The molecule has 6 nitrogen and oxygen atoms in total. The second-order valence-electron chi connectivity index (χ2n) is 7.43. The molecule has 3 aromatic rings. The molecule has 2 N–H and O–H groups in total. The lowest BCUT2D eigenvalue weighted by atomic mass is 10.2. The number of rotatable bonds is 11. The van der Waals surface area contributed by atoms with Crippen LogP contribution in [0.25, 0.3) is 10.9 Å². The van der Waals surface area contributed by atoms with Gasteiger partial charge < -0.3 is 10.3 Å². The molecule has 0 atom stereocenters. The number of benzene rings is 1. The highest BCUT2D eigenvalue weighted by Gasteiger charge is 2.06. The van der Waals surface area contributed by atoms with Gasteiger partial charge in [0.1, 0.15) is 0 Å². The summed E-state index contributed by atoms with van der Waals surface area (Å²) in [5, 5.41) is 6.88. The third kappa shape index (κ3) is 6.34. The lowest BCUT2D eigenvalue weighted by molar-refractivity contribution is -0.121. The average Bonchev–Trinajstić information content (AvgIpc) is 3.14. The molecule has 30 heavy (non-hydrogen) atoms. The molecular weight excluding hydrogens is 416 g/mol. The topological polar surface area (TPSA) is 79.8 Å². The number of nitrogens with zero attached hydrogens (tertiary/aromatic N) is 2. The van der Waals surface area contributed by atoms with Crippen molar-refractivity contribution >= 4 is 40.4 Å². The molecule has 0 aliphatic carbocycles. The van der Waals surface area contributed by atoms with Gasteiger partial charge in [0, 0.05) is 30.6 Å². The van der Waals surface area contributed by atoms with Crippen molar-refractivity contribution < 1.29 is 4.79 Å². The van der Waals surface area contributed by atoms with Crippen LogP contribution in [0.3, 0.4) is 0 Å². The van der Waals surface area contributed by atoms with E-state index < -0.39 is 0 Å². The quantitative estimate of drug-likeness (QED) is 0.336. The number of H-pyrrole nitrogens is 1. The van der Waals surface area contributed by atoms with Crippen molar-refractivity contribution in [1.29, 1.82) is 0 Å². The first-order valence-corrected chi connectivity index (χ1v) is 11.7. The molecule has 0 radical (unpaired) electrons. The van der Waals surface area contributed by atoms with Crippen LogP contribution in [-0.2, 0) is 17.8 Å². The van der Waals surface area contributed by atoms with Crippen molar-refractivity contribution in [2.45, 2.75) is 58.4 Å². The number of unbranched alkanes of at least 4 members (excludes halogenated alkanes) is 3. The number of hydrogen-bond donors (Lipinski definition) is 2. The minimum Gasteiger partial charge on any atom is -0.356 e. The summed E-state index contributed by atoms with van der Waals surface area (Å²) < 4.78 is 2.06. The molecule has 0 fully saturated rings. The molecule has 3 rings (SSSR count). The van der Waals surface area contributed by atoms with Crippen molar-refractivity contribution in [1.82, 2.24) is 19.9 Å². The lowest BCUT2D eigenvalue weighted by Crippen LogP contribution is -2.24. The number of nitrogens with one attached hydrogen (secondary N) is 2. The highest BCUT2D eigenvalue weighted by molar-refractivity contribution is 7.71. The lowest BCUT2D eigenvalue weighted by Gasteiger charge is -2.08. The molecule has 0 unspecified atom stereocenters. The van der Waals surface area contributed by atoms with Crippen molar-refractivity contribution in [2.75, 3.05) is 6.54 Å². The van der Waals surface area contributed by atoms with E-state index in [-0.39, 0.29) is 11.5 Å².